The van der Waals surface area contributed by atoms with Crippen molar-refractivity contribution in [1.82, 2.24) is 4.98 Å². The Labute approximate surface area is 126 Å². The summed E-state index contributed by atoms with van der Waals surface area (Å²) in [5.41, 5.74) is 0.273. The van der Waals surface area contributed by atoms with E-state index in [1.165, 1.54) is 0 Å². The van der Waals surface area contributed by atoms with E-state index in [9.17, 15) is 9.90 Å². The van der Waals surface area contributed by atoms with Crippen LogP contribution in [0.5, 0.6) is 17.4 Å². The van der Waals surface area contributed by atoms with Gasteiger partial charge in [0.1, 0.15) is 11.5 Å². The van der Waals surface area contributed by atoms with Gasteiger partial charge in [0.2, 0.25) is 5.88 Å². The summed E-state index contributed by atoms with van der Waals surface area (Å²) in [7, 11) is 1.55. The number of ether oxygens (including phenoxy) is 2. The van der Waals surface area contributed by atoms with E-state index in [2.05, 4.69) is 4.98 Å². The number of nitrogens with zero attached hydrogens (tertiary/aromatic N) is 1. The number of carbonyl (C=O) groups is 1. The van der Waals surface area contributed by atoms with E-state index in [1.54, 1.807) is 55.8 Å². The second kappa shape index (κ2) is 5.73. The maximum Gasteiger partial charge on any atom is 0.336 e. The lowest BCUT2D eigenvalue weighted by molar-refractivity contribution is 0.0699. The van der Waals surface area contributed by atoms with Gasteiger partial charge in [-0.05, 0) is 41.1 Å². The van der Waals surface area contributed by atoms with Crippen LogP contribution in [0, 0.1) is 0 Å². The monoisotopic (exact) mass is 295 g/mol. The predicted molar refractivity (Wildman–Crippen MR) is 81.8 cm³/mol. The van der Waals surface area contributed by atoms with Gasteiger partial charge in [0.05, 0.1) is 18.9 Å². The van der Waals surface area contributed by atoms with Gasteiger partial charge in [0.15, 0.2) is 0 Å². The fourth-order valence-electron chi connectivity index (χ4n) is 2.20. The molecule has 0 spiro atoms. The Balaban J connectivity index is 1.93. The zero-order chi connectivity index (χ0) is 15.5. The number of benzene rings is 2. The van der Waals surface area contributed by atoms with Crippen molar-refractivity contribution in [3.05, 3.63) is 60.3 Å². The molecule has 3 aromatic rings. The molecule has 0 atom stereocenters. The fraction of sp³-hybridized carbons (Fsp3) is 0.0588. The summed E-state index contributed by atoms with van der Waals surface area (Å²) >= 11 is 0. The van der Waals surface area contributed by atoms with Gasteiger partial charge in [-0.25, -0.2) is 9.78 Å². The first kappa shape index (κ1) is 13.9. The van der Waals surface area contributed by atoms with E-state index in [0.717, 1.165) is 5.39 Å². The topological polar surface area (TPSA) is 68.7 Å². The van der Waals surface area contributed by atoms with Crippen LogP contribution in [0.4, 0.5) is 0 Å². The Morgan fingerprint density at radius 2 is 1.91 bits per heavy atom. The third-order valence-corrected chi connectivity index (χ3v) is 3.24. The first-order chi connectivity index (χ1) is 10.7. The first-order valence-corrected chi connectivity index (χ1v) is 6.61. The van der Waals surface area contributed by atoms with Gasteiger partial charge in [0, 0.05) is 6.07 Å². The smallest absolute Gasteiger partial charge is 0.336 e. The lowest BCUT2D eigenvalue weighted by Gasteiger charge is -2.08. The average molecular weight is 295 g/mol. The van der Waals surface area contributed by atoms with Crippen LogP contribution in [0.15, 0.2) is 54.7 Å². The van der Waals surface area contributed by atoms with Crippen molar-refractivity contribution >= 4 is 16.7 Å². The number of rotatable bonds is 4. The summed E-state index contributed by atoms with van der Waals surface area (Å²) < 4.78 is 10.7. The summed E-state index contributed by atoms with van der Waals surface area (Å²) in [6.07, 6.45) is 1.57. The highest BCUT2D eigenvalue weighted by Gasteiger charge is 2.08. The van der Waals surface area contributed by atoms with Crippen LogP contribution in [0.2, 0.25) is 0 Å². The molecule has 0 bridgehead atoms. The minimum Gasteiger partial charge on any atom is -0.481 e. The zero-order valence-corrected chi connectivity index (χ0v) is 11.8. The van der Waals surface area contributed by atoms with Crippen molar-refractivity contribution in [3.8, 4) is 17.4 Å². The molecule has 1 aromatic heterocycles. The molecule has 0 fully saturated rings. The summed E-state index contributed by atoms with van der Waals surface area (Å²) in [6.45, 7) is 0. The number of hydrogen-bond acceptors (Lipinski definition) is 4. The lowest BCUT2D eigenvalue weighted by Crippen LogP contribution is -1.97. The molecule has 0 saturated heterocycles. The lowest BCUT2D eigenvalue weighted by atomic mass is 10.0. The zero-order valence-electron chi connectivity index (χ0n) is 11.8. The van der Waals surface area contributed by atoms with Crippen LogP contribution in [0.25, 0.3) is 10.8 Å². The van der Waals surface area contributed by atoms with Crippen LogP contribution in [-0.2, 0) is 0 Å². The van der Waals surface area contributed by atoms with Gasteiger partial charge >= 0.3 is 5.97 Å². The van der Waals surface area contributed by atoms with Crippen LogP contribution >= 0.6 is 0 Å². The van der Waals surface area contributed by atoms with Crippen molar-refractivity contribution in [1.29, 1.82) is 0 Å². The highest BCUT2D eigenvalue weighted by Crippen LogP contribution is 2.27. The largest absolute Gasteiger partial charge is 0.481 e. The molecule has 0 radical (unpaired) electrons. The molecule has 0 aliphatic rings. The fourth-order valence-corrected chi connectivity index (χ4v) is 2.20. The molecule has 1 N–H and O–H groups in total. The molecule has 0 aliphatic carbocycles. The van der Waals surface area contributed by atoms with Crippen LogP contribution in [0.1, 0.15) is 10.4 Å². The third kappa shape index (κ3) is 2.69. The summed E-state index contributed by atoms with van der Waals surface area (Å²) in [5, 5.41) is 10.7. The molecule has 0 aliphatic heterocycles. The minimum atomic E-state index is -0.946. The first-order valence-electron chi connectivity index (χ1n) is 6.61. The highest BCUT2D eigenvalue weighted by molar-refractivity contribution is 6.03. The number of aromatic nitrogens is 1. The molecule has 3 rings (SSSR count). The van der Waals surface area contributed by atoms with Gasteiger partial charge in [-0.2, -0.15) is 0 Å². The van der Waals surface area contributed by atoms with Crippen LogP contribution in [0.3, 0.4) is 0 Å². The van der Waals surface area contributed by atoms with Crippen molar-refractivity contribution in [2.24, 2.45) is 0 Å². The Bertz CT molecular complexity index is 828. The average Bonchev–Trinajstić information content (AvgIpc) is 2.54. The summed E-state index contributed by atoms with van der Waals surface area (Å²) in [6, 6.07) is 13.9. The molecular weight excluding hydrogens is 282 g/mol. The maximum atomic E-state index is 11.2. The molecule has 5 nitrogen and oxygen atoms in total. The SMILES string of the molecule is COc1ccc(Oc2ccc3c(C(=O)O)cccc3c2)cn1. The number of hydrogen-bond donors (Lipinski definition) is 1. The van der Waals surface area contributed by atoms with Gasteiger partial charge < -0.3 is 14.6 Å². The molecule has 0 amide bonds. The maximum absolute atomic E-state index is 11.2. The van der Waals surface area contributed by atoms with E-state index in [4.69, 9.17) is 9.47 Å². The molecular formula is C17H13NO4. The minimum absolute atomic E-state index is 0.273. The second-order valence-corrected chi connectivity index (χ2v) is 4.63. The van der Waals surface area contributed by atoms with Crippen LogP contribution < -0.4 is 9.47 Å². The molecule has 22 heavy (non-hydrogen) atoms. The molecule has 1 heterocycles. The van der Waals surface area contributed by atoms with Crippen LogP contribution in [-0.4, -0.2) is 23.2 Å². The second-order valence-electron chi connectivity index (χ2n) is 4.63. The van der Waals surface area contributed by atoms with Crippen molar-refractivity contribution in [2.45, 2.75) is 0 Å². The molecule has 0 unspecified atom stereocenters. The van der Waals surface area contributed by atoms with E-state index in [0.29, 0.717) is 22.8 Å². The number of carboxylic acids is 1. The molecule has 2 aromatic carbocycles. The number of carboxylic acid groups (broad SMARTS) is 1. The standard InChI is InChI=1S/C17H13NO4/c1-21-16-8-6-13(10-18-16)22-12-5-7-14-11(9-12)3-2-4-15(14)17(19)20/h2-10H,1H3,(H,19,20). The molecule has 5 heteroatoms. The Hall–Kier alpha value is -3.08. The van der Waals surface area contributed by atoms with E-state index >= 15 is 0 Å². The predicted octanol–water partition coefficient (Wildman–Crippen LogP) is 3.73. The quantitative estimate of drug-likeness (QED) is 0.794. The van der Waals surface area contributed by atoms with Gasteiger partial charge in [-0.15, -0.1) is 0 Å². The van der Waals surface area contributed by atoms with Crippen molar-refractivity contribution < 1.29 is 19.4 Å². The Morgan fingerprint density at radius 3 is 2.59 bits per heavy atom. The summed E-state index contributed by atoms with van der Waals surface area (Å²) in [5.74, 6) is 0.757. The third-order valence-electron chi connectivity index (χ3n) is 3.24. The van der Waals surface area contributed by atoms with Gasteiger partial charge in [-0.1, -0.05) is 12.1 Å². The number of aromatic carboxylic acids is 1. The van der Waals surface area contributed by atoms with Gasteiger partial charge in [-0.3, -0.25) is 0 Å². The van der Waals surface area contributed by atoms with E-state index < -0.39 is 5.97 Å². The molecule has 110 valence electrons. The van der Waals surface area contributed by atoms with Crippen molar-refractivity contribution in [2.75, 3.05) is 7.11 Å². The number of methoxy groups -OCH3 is 1. The number of fused-ring (bicyclic) bond motifs is 1. The Kier molecular flexibility index (Phi) is 3.62. The normalized spacial score (nSPS) is 10.4. The number of pyridine rings is 1. The van der Waals surface area contributed by atoms with Gasteiger partial charge in [0.25, 0.3) is 0 Å². The van der Waals surface area contributed by atoms with E-state index in [1.807, 2.05) is 6.07 Å². The molecule has 0 saturated carbocycles. The highest BCUT2D eigenvalue weighted by atomic mass is 16.5. The van der Waals surface area contributed by atoms with Crippen molar-refractivity contribution in [3.63, 3.8) is 0 Å². The summed E-state index contributed by atoms with van der Waals surface area (Å²) in [4.78, 5) is 15.3. The van der Waals surface area contributed by atoms with E-state index in [-0.39, 0.29) is 5.56 Å². The Morgan fingerprint density at radius 1 is 1.09 bits per heavy atom.